The van der Waals surface area contributed by atoms with Crippen molar-refractivity contribution >= 4 is 17.3 Å². The Morgan fingerprint density at radius 1 is 1.14 bits per heavy atom. The quantitative estimate of drug-likeness (QED) is 0.282. The van der Waals surface area contributed by atoms with Crippen molar-refractivity contribution in [2.45, 2.75) is 31.3 Å². The van der Waals surface area contributed by atoms with E-state index in [9.17, 15) is 25.0 Å². The van der Waals surface area contributed by atoms with Crippen LogP contribution in [0.3, 0.4) is 0 Å². The van der Waals surface area contributed by atoms with E-state index in [2.05, 4.69) is 10.5 Å². The molecule has 3 aliphatic rings. The lowest BCUT2D eigenvalue weighted by Crippen LogP contribution is -2.47. The van der Waals surface area contributed by atoms with Crippen LogP contribution in [0.15, 0.2) is 23.4 Å². The first kappa shape index (κ1) is 17.7. The third-order valence-electron chi connectivity index (χ3n) is 6.29. The number of aromatic hydroxyl groups is 2. The highest BCUT2D eigenvalue weighted by Crippen LogP contribution is 2.52. The molecule has 2 aromatic rings. The number of carbonyl (C=O) groups excluding carboxylic acids is 2. The zero-order valence-corrected chi connectivity index (χ0v) is 15.7. The number of hydrogen-bond acceptors (Lipinski definition) is 8. The van der Waals surface area contributed by atoms with Gasteiger partial charge in [-0.25, -0.2) is 0 Å². The fourth-order valence-electron chi connectivity index (χ4n) is 4.94. The molecule has 148 valence electrons. The van der Waals surface area contributed by atoms with E-state index in [1.807, 2.05) is 6.92 Å². The van der Waals surface area contributed by atoms with E-state index in [4.69, 9.17) is 4.74 Å². The maximum atomic E-state index is 13.3. The summed E-state index contributed by atoms with van der Waals surface area (Å²) in [7, 11) is 1.39. The smallest absolute Gasteiger partial charge is 0.202 e. The van der Waals surface area contributed by atoms with Gasteiger partial charge in [-0.3, -0.25) is 14.9 Å². The second-order valence-corrected chi connectivity index (χ2v) is 7.84. The van der Waals surface area contributed by atoms with Crippen molar-refractivity contribution in [2.75, 3.05) is 7.11 Å². The standard InChI is InChI=1S/C21H18N2O6/c1-21-7-9-13(10(22-21)6-12(21)23-28)19(26)16-15(18(9)25)17(24)8-4-3-5-11(29-2)14(8)20(16)27/h3-5,10,22,25-26,28H,6-7H2,1-2H3/b23-12+. The van der Waals surface area contributed by atoms with Gasteiger partial charge in [0.25, 0.3) is 0 Å². The van der Waals surface area contributed by atoms with E-state index in [0.717, 1.165) is 0 Å². The third kappa shape index (κ3) is 2.04. The molecule has 8 heteroatoms. The molecule has 1 saturated heterocycles. The number of carbonyl (C=O) groups is 2. The van der Waals surface area contributed by atoms with Gasteiger partial charge in [0.15, 0.2) is 5.78 Å². The first-order valence-electron chi connectivity index (χ1n) is 9.18. The van der Waals surface area contributed by atoms with Crippen molar-refractivity contribution in [2.24, 2.45) is 5.16 Å². The Morgan fingerprint density at radius 3 is 2.55 bits per heavy atom. The van der Waals surface area contributed by atoms with E-state index in [-0.39, 0.29) is 45.9 Å². The molecule has 4 N–H and O–H groups in total. The minimum Gasteiger partial charge on any atom is -0.507 e. The number of oxime groups is 1. The van der Waals surface area contributed by atoms with Gasteiger partial charge in [-0.1, -0.05) is 17.3 Å². The Bertz CT molecular complexity index is 1170. The van der Waals surface area contributed by atoms with Crippen molar-refractivity contribution in [3.05, 3.63) is 51.6 Å². The Morgan fingerprint density at radius 2 is 1.86 bits per heavy atom. The van der Waals surface area contributed by atoms with Gasteiger partial charge in [0.2, 0.25) is 5.78 Å². The van der Waals surface area contributed by atoms with E-state index >= 15 is 0 Å². The molecule has 1 aliphatic carbocycles. The number of hydrogen-bond donors (Lipinski definition) is 4. The lowest BCUT2D eigenvalue weighted by molar-refractivity contribution is 0.0971. The predicted octanol–water partition coefficient (Wildman–Crippen LogP) is 2.06. The minimum atomic E-state index is -0.715. The minimum absolute atomic E-state index is 0.0692. The van der Waals surface area contributed by atoms with Crippen molar-refractivity contribution in [3.8, 4) is 17.2 Å². The van der Waals surface area contributed by atoms with Gasteiger partial charge < -0.3 is 20.2 Å². The van der Waals surface area contributed by atoms with Gasteiger partial charge in [0, 0.05) is 29.2 Å². The second kappa shape index (κ2) is 5.57. The molecule has 2 aliphatic heterocycles. The molecule has 8 nitrogen and oxygen atoms in total. The average Bonchev–Trinajstić information content (AvgIpc) is 2.97. The summed E-state index contributed by atoms with van der Waals surface area (Å²) in [6.45, 7) is 1.83. The molecule has 29 heavy (non-hydrogen) atoms. The number of nitrogens with zero attached hydrogens (tertiary/aromatic N) is 1. The Balaban J connectivity index is 1.81. The highest BCUT2D eigenvalue weighted by Gasteiger charge is 2.50. The van der Waals surface area contributed by atoms with Gasteiger partial charge in [0.1, 0.15) is 17.2 Å². The third-order valence-corrected chi connectivity index (χ3v) is 6.29. The fraction of sp³-hybridized carbons (Fsp3) is 0.286. The number of benzene rings is 2. The molecule has 0 radical (unpaired) electrons. The number of phenols is 2. The van der Waals surface area contributed by atoms with Crippen LogP contribution >= 0.6 is 0 Å². The first-order chi connectivity index (χ1) is 13.8. The first-order valence-corrected chi connectivity index (χ1v) is 9.18. The largest absolute Gasteiger partial charge is 0.507 e. The zero-order valence-electron chi connectivity index (χ0n) is 15.7. The highest BCUT2D eigenvalue weighted by atomic mass is 16.5. The Hall–Kier alpha value is -3.39. The molecule has 0 spiro atoms. The summed E-state index contributed by atoms with van der Waals surface area (Å²) >= 11 is 0. The SMILES string of the molecule is COc1cccc2c1C(=O)c1c(O)c3c(c(O)c1C2=O)CC1(C)NC3C/C1=N\O. The number of ether oxygens (including phenoxy) is 1. The zero-order chi connectivity index (χ0) is 20.7. The summed E-state index contributed by atoms with van der Waals surface area (Å²) in [5.41, 5.74) is 0.293. The number of nitrogens with one attached hydrogen (secondary N) is 1. The van der Waals surface area contributed by atoms with Crippen molar-refractivity contribution in [1.29, 1.82) is 0 Å². The summed E-state index contributed by atoms with van der Waals surface area (Å²) < 4.78 is 5.25. The van der Waals surface area contributed by atoms with Crippen molar-refractivity contribution < 1.29 is 29.7 Å². The summed E-state index contributed by atoms with van der Waals surface area (Å²) in [6.07, 6.45) is 0.519. The molecular weight excluding hydrogens is 376 g/mol. The highest BCUT2D eigenvalue weighted by molar-refractivity contribution is 6.31. The summed E-state index contributed by atoms with van der Waals surface area (Å²) in [5.74, 6) is -1.54. The van der Waals surface area contributed by atoms with Gasteiger partial charge in [-0.15, -0.1) is 0 Å². The number of fused-ring (bicyclic) bond motifs is 6. The van der Waals surface area contributed by atoms with Crippen LogP contribution in [0.4, 0.5) is 0 Å². The molecule has 2 unspecified atom stereocenters. The van der Waals surface area contributed by atoms with E-state index in [1.54, 1.807) is 12.1 Å². The predicted molar refractivity (Wildman–Crippen MR) is 101 cm³/mol. The van der Waals surface area contributed by atoms with Crippen molar-refractivity contribution in [1.82, 2.24) is 5.32 Å². The van der Waals surface area contributed by atoms with Crippen LogP contribution in [0.2, 0.25) is 0 Å². The Labute approximate surface area is 165 Å². The van der Waals surface area contributed by atoms with Crippen molar-refractivity contribution in [3.63, 3.8) is 0 Å². The number of phenolic OH excluding ortho intramolecular Hbond substituents is 2. The topological polar surface area (TPSA) is 128 Å². The molecule has 2 heterocycles. The summed E-state index contributed by atoms with van der Waals surface area (Å²) in [6, 6.07) is 4.21. The molecular formula is C21H18N2O6. The van der Waals surface area contributed by atoms with E-state index < -0.39 is 23.1 Å². The van der Waals surface area contributed by atoms with Gasteiger partial charge in [-0.05, 0) is 19.4 Å². The van der Waals surface area contributed by atoms with Crippen LogP contribution < -0.4 is 10.1 Å². The lowest BCUT2D eigenvalue weighted by atomic mass is 9.77. The number of ketones is 2. The molecule has 2 aromatic carbocycles. The number of rotatable bonds is 1. The van der Waals surface area contributed by atoms with Gasteiger partial charge >= 0.3 is 0 Å². The summed E-state index contributed by atoms with van der Waals surface area (Å²) in [5, 5.41) is 38.1. The summed E-state index contributed by atoms with van der Waals surface area (Å²) in [4.78, 5) is 26.5. The maximum absolute atomic E-state index is 13.3. The van der Waals surface area contributed by atoms with Crippen LogP contribution in [0.1, 0.15) is 62.4 Å². The van der Waals surface area contributed by atoms with Crippen LogP contribution in [0.25, 0.3) is 0 Å². The average molecular weight is 394 g/mol. The van der Waals surface area contributed by atoms with Crippen LogP contribution in [-0.4, -0.2) is 45.3 Å². The number of methoxy groups -OCH3 is 1. The lowest BCUT2D eigenvalue weighted by Gasteiger charge is -2.35. The molecule has 2 bridgehead atoms. The molecule has 1 fully saturated rings. The normalized spacial score (nSPS) is 25.6. The Kier molecular flexibility index (Phi) is 3.40. The van der Waals surface area contributed by atoms with Crippen LogP contribution in [0.5, 0.6) is 17.2 Å². The molecule has 0 amide bonds. The molecule has 0 saturated carbocycles. The van der Waals surface area contributed by atoms with Gasteiger partial charge in [-0.2, -0.15) is 0 Å². The van der Waals surface area contributed by atoms with E-state index in [1.165, 1.54) is 13.2 Å². The fourth-order valence-corrected chi connectivity index (χ4v) is 4.94. The second-order valence-electron chi connectivity index (χ2n) is 7.84. The monoisotopic (exact) mass is 394 g/mol. The van der Waals surface area contributed by atoms with E-state index in [0.29, 0.717) is 23.3 Å². The molecule has 5 rings (SSSR count). The van der Waals surface area contributed by atoms with Crippen LogP contribution in [-0.2, 0) is 6.42 Å². The van der Waals surface area contributed by atoms with Crippen LogP contribution in [0, 0.1) is 0 Å². The molecule has 2 atom stereocenters. The molecule has 0 aromatic heterocycles. The van der Waals surface area contributed by atoms with Gasteiger partial charge in [0.05, 0.1) is 35.1 Å². The maximum Gasteiger partial charge on any atom is 0.202 e.